The van der Waals surface area contributed by atoms with Crippen molar-refractivity contribution in [3.05, 3.63) is 95.4 Å². The Kier molecular flexibility index (Phi) is 12.2. The molecule has 0 spiro atoms. The van der Waals surface area contributed by atoms with Gasteiger partial charge in [0.1, 0.15) is 5.75 Å². The van der Waals surface area contributed by atoms with Crippen LogP contribution >= 0.6 is 0 Å². The maximum atomic E-state index is 13.7. The number of carbonyl (C=O) groups excluding carboxylic acids is 2. The molecular formula is C30H32BF6N3O5. The number of hydrogen-bond donors (Lipinski definition) is 3. The van der Waals surface area contributed by atoms with Gasteiger partial charge in [-0.25, -0.2) is 0 Å². The van der Waals surface area contributed by atoms with Gasteiger partial charge in [0.15, 0.2) is 0 Å². The Hall–Kier alpha value is -4.11. The summed E-state index contributed by atoms with van der Waals surface area (Å²) in [4.78, 5) is 30.8. The van der Waals surface area contributed by atoms with Crippen LogP contribution in [0.5, 0.6) is 5.75 Å². The molecule has 2 atom stereocenters. The molecule has 1 aromatic carbocycles. The number of nitrogens with one attached hydrogen (secondary N) is 1. The third-order valence-corrected chi connectivity index (χ3v) is 6.59. The van der Waals surface area contributed by atoms with Crippen LogP contribution in [0.1, 0.15) is 54.3 Å². The summed E-state index contributed by atoms with van der Waals surface area (Å²) in [5.41, 5.74) is -3.66. The van der Waals surface area contributed by atoms with Crippen molar-refractivity contribution in [1.82, 2.24) is 15.2 Å². The van der Waals surface area contributed by atoms with E-state index in [0.29, 0.717) is 5.56 Å². The zero-order valence-corrected chi connectivity index (χ0v) is 24.7. The number of carbonyl (C=O) groups is 2. The summed E-state index contributed by atoms with van der Waals surface area (Å²) in [6, 6.07) is 2.32. The van der Waals surface area contributed by atoms with Crippen molar-refractivity contribution in [2.24, 2.45) is 0 Å². The molecule has 0 aliphatic carbocycles. The number of aliphatic hydroxyl groups is 2. The molecule has 8 nitrogen and oxygen atoms in total. The highest BCUT2D eigenvalue weighted by Gasteiger charge is 2.43. The molecular weight excluding hydrogens is 607 g/mol. The molecule has 0 saturated carbocycles. The topological polar surface area (TPSA) is 112 Å². The summed E-state index contributed by atoms with van der Waals surface area (Å²) in [5.74, 6) is -4.73. The second-order valence-corrected chi connectivity index (χ2v) is 9.64. The van der Waals surface area contributed by atoms with Crippen molar-refractivity contribution in [2.45, 2.75) is 63.9 Å². The summed E-state index contributed by atoms with van der Waals surface area (Å²) < 4.78 is 85.4. The molecule has 45 heavy (non-hydrogen) atoms. The number of hydrogen-bond acceptors (Lipinski definition) is 6. The number of ether oxygens (including phenoxy) is 1. The van der Waals surface area contributed by atoms with E-state index in [1.54, 1.807) is 0 Å². The van der Waals surface area contributed by atoms with E-state index < -0.39 is 65.4 Å². The quantitative estimate of drug-likeness (QED) is 0.118. The Morgan fingerprint density at radius 1 is 1.18 bits per heavy atom. The number of aromatic nitrogens is 1. The molecule has 242 valence electrons. The van der Waals surface area contributed by atoms with Crippen LogP contribution in [0.4, 0.5) is 26.3 Å². The van der Waals surface area contributed by atoms with Crippen molar-refractivity contribution in [3.8, 4) is 5.75 Å². The maximum Gasteiger partial charge on any atom is 0.418 e. The second-order valence-electron chi connectivity index (χ2n) is 9.64. The summed E-state index contributed by atoms with van der Waals surface area (Å²) in [7, 11) is 5.13. The third-order valence-electron chi connectivity index (χ3n) is 6.59. The monoisotopic (exact) mass is 639 g/mol. The van der Waals surface area contributed by atoms with E-state index >= 15 is 0 Å². The van der Waals surface area contributed by atoms with Gasteiger partial charge in [-0.15, -0.1) is 0 Å². The Morgan fingerprint density at radius 2 is 1.82 bits per heavy atom. The van der Waals surface area contributed by atoms with Crippen molar-refractivity contribution >= 4 is 19.7 Å². The zero-order valence-electron chi connectivity index (χ0n) is 24.7. The fourth-order valence-corrected chi connectivity index (χ4v) is 4.63. The minimum atomic E-state index is -5.24. The standard InChI is InChI=1S/C28H26BF6N3O5.C2H6/c1-4-5-7-15(2)25(40)37-20-10-11-38(24(20)18-8-6-9-22(16(18)3)43-28(29,41)42)23(39)13-21-19(27(33,34)35)12-17(14-36-21)26(30,31)32;1-2/h4-9,12,14,20,24,41-42H,1-2,10-11,13H2,3H3,(H,37,40);1-2H3/b7-5-;. The molecule has 15 heteroatoms. The van der Waals surface area contributed by atoms with Gasteiger partial charge in [0.25, 0.3) is 11.8 Å². The molecule has 0 bridgehead atoms. The Bertz CT molecular complexity index is 1440. The number of amides is 2. The first-order valence-electron chi connectivity index (χ1n) is 13.6. The highest BCUT2D eigenvalue weighted by molar-refractivity contribution is 6.12. The van der Waals surface area contributed by atoms with Gasteiger partial charge < -0.3 is 25.2 Å². The third kappa shape index (κ3) is 9.69. The van der Waals surface area contributed by atoms with Crippen LogP contribution in [0.25, 0.3) is 0 Å². The molecule has 2 radical (unpaired) electrons. The van der Waals surface area contributed by atoms with Gasteiger partial charge in [-0.3, -0.25) is 14.6 Å². The molecule has 2 heterocycles. The van der Waals surface area contributed by atoms with Gasteiger partial charge in [-0.2, -0.15) is 26.3 Å². The number of allylic oxidation sites excluding steroid dienone is 2. The molecule has 1 aliphatic heterocycles. The van der Waals surface area contributed by atoms with Gasteiger partial charge in [-0.05, 0) is 36.6 Å². The van der Waals surface area contributed by atoms with Gasteiger partial charge in [0.05, 0.1) is 35.3 Å². The second kappa shape index (κ2) is 14.8. The van der Waals surface area contributed by atoms with Gasteiger partial charge in [0.2, 0.25) is 13.8 Å². The summed E-state index contributed by atoms with van der Waals surface area (Å²) >= 11 is 0. The predicted octanol–water partition coefficient (Wildman–Crippen LogP) is 4.90. The Morgan fingerprint density at radius 3 is 2.38 bits per heavy atom. The van der Waals surface area contributed by atoms with Crippen LogP contribution in [0, 0.1) is 6.92 Å². The molecule has 1 fully saturated rings. The van der Waals surface area contributed by atoms with E-state index in [0.717, 1.165) is 4.90 Å². The molecule has 1 aromatic heterocycles. The normalized spacial score (nSPS) is 17.0. The molecule has 1 aliphatic rings. The number of rotatable bonds is 9. The molecule has 3 rings (SSSR count). The lowest BCUT2D eigenvalue weighted by molar-refractivity contribution is -0.223. The number of alkyl halides is 6. The van der Waals surface area contributed by atoms with Gasteiger partial charge in [0, 0.05) is 18.3 Å². The first-order valence-corrected chi connectivity index (χ1v) is 13.6. The van der Waals surface area contributed by atoms with Crippen LogP contribution in [0.3, 0.4) is 0 Å². The summed E-state index contributed by atoms with van der Waals surface area (Å²) in [6.45, 7) is 12.6. The van der Waals surface area contributed by atoms with Crippen LogP contribution in [-0.4, -0.2) is 58.2 Å². The molecule has 3 N–H and O–H groups in total. The number of halogens is 6. The van der Waals surface area contributed by atoms with Gasteiger partial charge >= 0.3 is 12.4 Å². The van der Waals surface area contributed by atoms with E-state index in [-0.39, 0.29) is 42.1 Å². The molecule has 1 saturated heterocycles. The lowest BCUT2D eigenvalue weighted by atomic mass is 9.94. The summed E-state index contributed by atoms with van der Waals surface area (Å²) in [6.07, 6.45) is -6.74. The van der Waals surface area contributed by atoms with Crippen LogP contribution < -0.4 is 10.1 Å². The lowest BCUT2D eigenvalue weighted by Gasteiger charge is -2.31. The number of likely N-dealkylation sites (tertiary alicyclic amines) is 1. The molecule has 2 aromatic rings. The first kappa shape index (κ1) is 37.1. The minimum absolute atomic E-state index is 0.0366. The lowest BCUT2D eigenvalue weighted by Crippen LogP contribution is -2.42. The van der Waals surface area contributed by atoms with Crippen molar-refractivity contribution in [1.29, 1.82) is 0 Å². The van der Waals surface area contributed by atoms with E-state index in [1.807, 2.05) is 13.8 Å². The number of benzene rings is 1. The number of nitrogens with zero attached hydrogens (tertiary/aromatic N) is 2. The van der Waals surface area contributed by atoms with Crippen LogP contribution in [0.2, 0.25) is 0 Å². The van der Waals surface area contributed by atoms with E-state index in [2.05, 4.69) is 23.5 Å². The number of pyridine rings is 1. The average Bonchev–Trinajstić information content (AvgIpc) is 3.35. The predicted molar refractivity (Wildman–Crippen MR) is 154 cm³/mol. The van der Waals surface area contributed by atoms with Crippen LogP contribution in [0.15, 0.2) is 67.4 Å². The smallest absolute Gasteiger partial charge is 0.418 e. The average molecular weight is 639 g/mol. The fourth-order valence-electron chi connectivity index (χ4n) is 4.63. The largest absolute Gasteiger partial charge is 0.449 e. The fraction of sp³-hybridized carbons (Fsp3) is 0.367. The SMILES string of the molecule is CC.[B]C(O)(O)Oc1cccc(C2C(NC(=O)C(=C)/C=C\C=C)CCN2C(=O)Cc2ncc(C(F)(F)F)cc2C(F)(F)F)c1C. The maximum absolute atomic E-state index is 13.7. The van der Waals surface area contributed by atoms with Crippen molar-refractivity contribution < 1.29 is 50.9 Å². The first-order chi connectivity index (χ1) is 20.8. The highest BCUT2D eigenvalue weighted by atomic mass is 19.4. The Balaban J connectivity index is 0.00000345. The highest BCUT2D eigenvalue weighted by Crippen LogP contribution is 2.40. The minimum Gasteiger partial charge on any atom is -0.449 e. The molecule has 2 unspecified atom stereocenters. The Labute approximate surface area is 257 Å². The van der Waals surface area contributed by atoms with Gasteiger partial charge in [-0.1, -0.05) is 57.4 Å². The van der Waals surface area contributed by atoms with E-state index in [4.69, 9.17) is 12.6 Å². The summed E-state index contributed by atoms with van der Waals surface area (Å²) in [5, 5.41) is 21.8. The molecule has 2 amide bonds. The van der Waals surface area contributed by atoms with Crippen LogP contribution in [-0.2, 0) is 28.4 Å². The van der Waals surface area contributed by atoms with Crippen molar-refractivity contribution in [2.75, 3.05) is 6.54 Å². The zero-order chi connectivity index (χ0) is 34.3. The van der Waals surface area contributed by atoms with E-state index in [9.17, 15) is 46.1 Å². The van der Waals surface area contributed by atoms with Crippen molar-refractivity contribution in [3.63, 3.8) is 0 Å². The van der Waals surface area contributed by atoms with E-state index in [1.165, 1.54) is 43.4 Å².